The van der Waals surface area contributed by atoms with Gasteiger partial charge in [0, 0.05) is 22.3 Å². The van der Waals surface area contributed by atoms with Crippen LogP contribution in [0.15, 0.2) is 86.3 Å². The van der Waals surface area contributed by atoms with Crippen LogP contribution < -0.4 is 0 Å². The number of carbonyl (C=O) groups is 3. The Balaban J connectivity index is 1.55. The number of ketones is 1. The third kappa shape index (κ3) is 6.90. The molecule has 0 saturated carbocycles. The largest absolute Gasteiger partial charge is 0.466 e. The first-order valence-electron chi connectivity index (χ1n) is 9.87. The minimum atomic E-state index is -1.02. The molecule has 0 spiro atoms. The molecule has 0 aliphatic carbocycles. The van der Waals surface area contributed by atoms with E-state index in [1.807, 2.05) is 0 Å². The second-order valence-corrected chi connectivity index (χ2v) is 8.02. The molecule has 1 heterocycles. The molecule has 0 saturated heterocycles. The second kappa shape index (κ2) is 11.3. The molecule has 0 radical (unpaired) electrons. The molecule has 1 unspecified atom stereocenters. The standard InChI is InChI=1S/C24H21NO7S/c1-15(25-32-16(2)26)23(28)17-5-9-19(10-6-17)33-20-11-7-18(8-12-20)24(29)31-14-21(27)22-4-3-13-30-22/h3-13,21,27H,14H2,1-2H3/b25-15+. The van der Waals surface area contributed by atoms with E-state index in [9.17, 15) is 19.5 Å². The van der Waals surface area contributed by atoms with E-state index in [-0.39, 0.29) is 18.1 Å². The van der Waals surface area contributed by atoms with Crippen LogP contribution in [0.5, 0.6) is 0 Å². The van der Waals surface area contributed by atoms with Gasteiger partial charge in [-0.15, -0.1) is 0 Å². The number of rotatable bonds is 9. The van der Waals surface area contributed by atoms with E-state index in [1.54, 1.807) is 60.7 Å². The van der Waals surface area contributed by atoms with Crippen LogP contribution in [-0.4, -0.2) is 35.1 Å². The Bertz CT molecular complexity index is 1140. The summed E-state index contributed by atoms with van der Waals surface area (Å²) in [5, 5.41) is 13.4. The van der Waals surface area contributed by atoms with Crippen molar-refractivity contribution >= 4 is 35.2 Å². The van der Waals surface area contributed by atoms with Gasteiger partial charge in [-0.25, -0.2) is 9.59 Å². The second-order valence-electron chi connectivity index (χ2n) is 6.87. The molecule has 170 valence electrons. The molecule has 0 aliphatic heterocycles. The van der Waals surface area contributed by atoms with Gasteiger partial charge in [0.25, 0.3) is 0 Å². The Morgan fingerprint density at radius 1 is 0.970 bits per heavy atom. The summed E-state index contributed by atoms with van der Waals surface area (Å²) in [6.45, 7) is 2.47. The maximum Gasteiger partial charge on any atom is 0.338 e. The van der Waals surface area contributed by atoms with E-state index in [2.05, 4.69) is 9.99 Å². The van der Waals surface area contributed by atoms with Gasteiger partial charge in [0.2, 0.25) is 5.78 Å². The fourth-order valence-corrected chi connectivity index (χ4v) is 3.47. The third-order valence-electron chi connectivity index (χ3n) is 4.33. The summed E-state index contributed by atoms with van der Waals surface area (Å²) in [4.78, 5) is 41.6. The van der Waals surface area contributed by atoms with Crippen molar-refractivity contribution in [3.63, 3.8) is 0 Å². The molecule has 3 rings (SSSR count). The zero-order chi connectivity index (χ0) is 23.8. The number of oxime groups is 1. The summed E-state index contributed by atoms with van der Waals surface area (Å²) >= 11 is 1.45. The lowest BCUT2D eigenvalue weighted by molar-refractivity contribution is -0.140. The van der Waals surface area contributed by atoms with Crippen molar-refractivity contribution in [1.82, 2.24) is 0 Å². The first-order chi connectivity index (χ1) is 15.8. The Hall–Kier alpha value is -3.69. The Morgan fingerprint density at radius 3 is 2.12 bits per heavy atom. The van der Waals surface area contributed by atoms with Crippen molar-refractivity contribution in [2.75, 3.05) is 6.61 Å². The zero-order valence-corrected chi connectivity index (χ0v) is 18.7. The Morgan fingerprint density at radius 2 is 1.58 bits per heavy atom. The van der Waals surface area contributed by atoms with Crippen LogP contribution in [0, 0.1) is 0 Å². The van der Waals surface area contributed by atoms with E-state index >= 15 is 0 Å². The highest BCUT2D eigenvalue weighted by molar-refractivity contribution is 7.99. The quantitative estimate of drug-likeness (QED) is 0.161. The van der Waals surface area contributed by atoms with E-state index < -0.39 is 18.0 Å². The number of Topliss-reactive ketones (excluding diaryl/α,β-unsaturated/α-hetero) is 1. The van der Waals surface area contributed by atoms with Gasteiger partial charge >= 0.3 is 11.9 Å². The Kier molecular flexibility index (Phi) is 8.17. The summed E-state index contributed by atoms with van der Waals surface area (Å²) in [7, 11) is 0. The highest BCUT2D eigenvalue weighted by atomic mass is 32.2. The molecule has 33 heavy (non-hydrogen) atoms. The van der Waals surface area contributed by atoms with Crippen molar-refractivity contribution in [3.05, 3.63) is 83.8 Å². The number of furan rings is 1. The van der Waals surface area contributed by atoms with Gasteiger partial charge < -0.3 is 19.1 Å². The van der Waals surface area contributed by atoms with Gasteiger partial charge in [0.15, 0.2) is 0 Å². The lowest BCUT2D eigenvalue weighted by atomic mass is 10.1. The molecule has 0 aliphatic rings. The van der Waals surface area contributed by atoms with E-state index in [0.717, 1.165) is 9.79 Å². The number of ether oxygens (including phenoxy) is 1. The molecule has 0 bridgehead atoms. The number of carbonyl (C=O) groups excluding carboxylic acids is 3. The van der Waals surface area contributed by atoms with Gasteiger partial charge in [0.1, 0.15) is 24.2 Å². The highest BCUT2D eigenvalue weighted by Gasteiger charge is 2.15. The Labute approximate surface area is 194 Å². The van der Waals surface area contributed by atoms with Crippen LogP contribution in [0.4, 0.5) is 0 Å². The molecule has 2 aromatic carbocycles. The summed E-state index contributed by atoms with van der Waals surface area (Å²) in [6.07, 6.45) is 0.411. The van der Waals surface area contributed by atoms with Gasteiger partial charge in [-0.1, -0.05) is 16.9 Å². The summed E-state index contributed by atoms with van der Waals surface area (Å²) in [5.41, 5.74) is 0.849. The smallest absolute Gasteiger partial charge is 0.338 e. The van der Waals surface area contributed by atoms with Gasteiger partial charge in [0.05, 0.1) is 11.8 Å². The van der Waals surface area contributed by atoms with Crippen LogP contribution in [0.2, 0.25) is 0 Å². The highest BCUT2D eigenvalue weighted by Crippen LogP contribution is 2.28. The van der Waals surface area contributed by atoms with Crippen molar-refractivity contribution in [1.29, 1.82) is 0 Å². The van der Waals surface area contributed by atoms with Crippen LogP contribution in [0.25, 0.3) is 0 Å². The lowest BCUT2D eigenvalue weighted by Gasteiger charge is -2.09. The summed E-state index contributed by atoms with van der Waals surface area (Å²) < 4.78 is 10.2. The van der Waals surface area contributed by atoms with E-state index in [1.165, 1.54) is 31.9 Å². The number of aliphatic hydroxyl groups excluding tert-OH is 1. The van der Waals surface area contributed by atoms with Crippen molar-refractivity contribution in [3.8, 4) is 0 Å². The maximum absolute atomic E-state index is 12.3. The zero-order valence-electron chi connectivity index (χ0n) is 17.9. The molecule has 9 heteroatoms. The number of hydrogen-bond donors (Lipinski definition) is 1. The molecule has 8 nitrogen and oxygen atoms in total. The number of esters is 1. The lowest BCUT2D eigenvalue weighted by Crippen LogP contribution is -2.12. The average Bonchev–Trinajstić information content (AvgIpc) is 3.36. The van der Waals surface area contributed by atoms with Crippen molar-refractivity contribution in [2.45, 2.75) is 29.7 Å². The van der Waals surface area contributed by atoms with E-state index in [4.69, 9.17) is 9.15 Å². The van der Waals surface area contributed by atoms with Crippen LogP contribution in [0.1, 0.15) is 46.4 Å². The van der Waals surface area contributed by atoms with Crippen LogP contribution in [0.3, 0.4) is 0 Å². The number of hydrogen-bond acceptors (Lipinski definition) is 9. The molecule has 1 N–H and O–H groups in total. The first kappa shape index (κ1) is 24.0. The van der Waals surface area contributed by atoms with Gasteiger partial charge in [-0.2, -0.15) is 0 Å². The van der Waals surface area contributed by atoms with Gasteiger partial charge in [-0.05, 0) is 67.6 Å². The van der Waals surface area contributed by atoms with Crippen molar-refractivity contribution in [2.24, 2.45) is 5.16 Å². The summed E-state index contributed by atoms with van der Waals surface area (Å²) in [6, 6.07) is 17.0. The molecule has 0 amide bonds. The normalized spacial score (nSPS) is 12.2. The number of aliphatic hydroxyl groups is 1. The third-order valence-corrected chi connectivity index (χ3v) is 5.34. The van der Waals surface area contributed by atoms with Crippen LogP contribution in [-0.2, 0) is 14.4 Å². The van der Waals surface area contributed by atoms with Gasteiger partial charge in [-0.3, -0.25) is 4.79 Å². The average molecular weight is 467 g/mol. The predicted octanol–water partition coefficient (Wildman–Crippen LogP) is 4.44. The minimum Gasteiger partial charge on any atom is -0.466 e. The first-order valence-corrected chi connectivity index (χ1v) is 10.7. The molecular formula is C24H21NO7S. The SMILES string of the molecule is CC(=O)O/N=C(\C)C(=O)c1ccc(Sc2ccc(C(=O)OCC(O)c3ccco3)cc2)cc1. The minimum absolute atomic E-state index is 0.0738. The number of nitrogens with zero attached hydrogens (tertiary/aromatic N) is 1. The molecule has 3 aromatic rings. The molecular weight excluding hydrogens is 446 g/mol. The van der Waals surface area contributed by atoms with E-state index in [0.29, 0.717) is 16.9 Å². The topological polar surface area (TPSA) is 115 Å². The summed E-state index contributed by atoms with van der Waals surface area (Å²) in [5.74, 6) is -1.16. The molecule has 1 atom stereocenters. The predicted molar refractivity (Wildman–Crippen MR) is 120 cm³/mol. The fraction of sp³-hybridized carbons (Fsp3) is 0.167. The van der Waals surface area contributed by atoms with Crippen molar-refractivity contribution < 1.29 is 33.5 Å². The monoisotopic (exact) mass is 467 g/mol. The fourth-order valence-electron chi connectivity index (χ4n) is 2.65. The molecule has 0 fully saturated rings. The maximum atomic E-state index is 12.3. The number of benzene rings is 2. The molecule has 1 aromatic heterocycles. The van der Waals surface area contributed by atoms with Crippen LogP contribution >= 0.6 is 11.8 Å².